The summed E-state index contributed by atoms with van der Waals surface area (Å²) in [6.45, 7) is 1.89. The topological polar surface area (TPSA) is 72.5 Å². The second-order valence-corrected chi connectivity index (χ2v) is 6.23. The Hall–Kier alpha value is -1.95. The first-order chi connectivity index (χ1) is 11.9. The third-order valence-electron chi connectivity index (χ3n) is 3.78. The molecule has 0 radical (unpaired) electrons. The smallest absolute Gasteiger partial charge is 0.335 e. The van der Waals surface area contributed by atoms with Crippen LogP contribution < -0.4 is 5.73 Å². The third-order valence-corrected chi connectivity index (χ3v) is 4.01. The van der Waals surface area contributed by atoms with Crippen LogP contribution in [-0.2, 0) is 16.0 Å². The molecule has 0 saturated heterocycles. The van der Waals surface area contributed by atoms with Gasteiger partial charge in [-0.3, -0.25) is 0 Å². The van der Waals surface area contributed by atoms with E-state index in [1.807, 2.05) is 12.1 Å². The van der Waals surface area contributed by atoms with Gasteiger partial charge < -0.3 is 15.6 Å². The van der Waals surface area contributed by atoms with Crippen molar-refractivity contribution in [2.75, 3.05) is 6.61 Å². The lowest BCUT2D eigenvalue weighted by atomic mass is 9.98. The molecule has 0 aromatic heterocycles. The molecule has 0 aliphatic carbocycles. The monoisotopic (exact) mass is 365 g/mol. The van der Waals surface area contributed by atoms with Crippen LogP contribution in [0.15, 0.2) is 42.5 Å². The van der Waals surface area contributed by atoms with E-state index in [-0.39, 0.29) is 18.8 Å². The summed E-state index contributed by atoms with van der Waals surface area (Å²) in [6.07, 6.45) is -0.632. The van der Waals surface area contributed by atoms with E-state index in [1.54, 1.807) is 25.1 Å². The second-order valence-electron chi connectivity index (χ2n) is 5.79. The van der Waals surface area contributed by atoms with Gasteiger partial charge in [-0.15, -0.1) is 0 Å². The van der Waals surface area contributed by atoms with Crippen molar-refractivity contribution < 1.29 is 19.0 Å². The fraction of sp³-hybridized carbons (Fsp3) is 0.316. The summed E-state index contributed by atoms with van der Waals surface area (Å²) in [6, 6.07) is 11.3. The summed E-state index contributed by atoms with van der Waals surface area (Å²) in [5.41, 5.74) is 8.06. The molecule has 0 bridgehead atoms. The number of nitrogens with two attached hydrogens (primary N) is 1. The van der Waals surface area contributed by atoms with Gasteiger partial charge in [0.05, 0.1) is 6.61 Å². The second kappa shape index (κ2) is 8.94. The maximum atomic E-state index is 13.9. The highest BCUT2D eigenvalue weighted by Crippen LogP contribution is 2.26. The lowest BCUT2D eigenvalue weighted by Gasteiger charge is -2.16. The highest BCUT2D eigenvalue weighted by Gasteiger charge is 2.19. The van der Waals surface area contributed by atoms with Crippen LogP contribution in [0.1, 0.15) is 18.9 Å². The Bertz CT molecular complexity index is 721. The maximum Gasteiger partial charge on any atom is 0.335 e. The Labute approximate surface area is 151 Å². The number of rotatable bonds is 7. The lowest BCUT2D eigenvalue weighted by molar-refractivity contribution is -0.153. The molecule has 2 aromatic rings. The van der Waals surface area contributed by atoms with Crippen molar-refractivity contribution in [1.82, 2.24) is 0 Å². The standard InChI is InChI=1S/C19H21ClFNO3/c1-2-25-19(24)18(23)11-15(22)9-12-3-5-13(6-4-12)16-10-14(20)7-8-17(16)21/h3-8,10,15,18,23H,2,9,11,22H2,1H3/t15-,18+/m1/s1. The van der Waals surface area contributed by atoms with Crippen LogP contribution in [0.3, 0.4) is 0 Å². The first-order valence-corrected chi connectivity index (χ1v) is 8.43. The average Bonchev–Trinajstić information content (AvgIpc) is 2.58. The molecule has 0 heterocycles. The number of carbonyl (C=O) groups is 1. The van der Waals surface area contributed by atoms with Crippen LogP contribution in [0.4, 0.5) is 4.39 Å². The molecular formula is C19H21ClFNO3. The van der Waals surface area contributed by atoms with Crippen molar-refractivity contribution in [3.05, 3.63) is 58.9 Å². The van der Waals surface area contributed by atoms with E-state index in [4.69, 9.17) is 22.1 Å². The van der Waals surface area contributed by atoms with E-state index in [2.05, 4.69) is 0 Å². The van der Waals surface area contributed by atoms with Crippen molar-refractivity contribution in [1.29, 1.82) is 0 Å². The van der Waals surface area contributed by atoms with Gasteiger partial charge in [-0.05, 0) is 49.1 Å². The Balaban J connectivity index is 2.00. The zero-order valence-electron chi connectivity index (χ0n) is 13.9. The van der Waals surface area contributed by atoms with Gasteiger partial charge in [0, 0.05) is 16.6 Å². The van der Waals surface area contributed by atoms with Crippen molar-refractivity contribution in [3.8, 4) is 11.1 Å². The molecule has 25 heavy (non-hydrogen) atoms. The summed E-state index contributed by atoms with van der Waals surface area (Å²) < 4.78 is 18.6. The first kappa shape index (κ1) is 19.4. The highest BCUT2D eigenvalue weighted by molar-refractivity contribution is 6.30. The fourth-order valence-electron chi connectivity index (χ4n) is 2.55. The number of halogens is 2. The number of carbonyl (C=O) groups excluding carboxylic acids is 1. The summed E-state index contributed by atoms with van der Waals surface area (Å²) >= 11 is 5.92. The van der Waals surface area contributed by atoms with E-state index in [0.717, 1.165) is 5.56 Å². The number of esters is 1. The molecule has 4 nitrogen and oxygen atoms in total. The van der Waals surface area contributed by atoms with Crippen LogP contribution in [0.2, 0.25) is 5.02 Å². The number of hydrogen-bond acceptors (Lipinski definition) is 4. The molecule has 0 amide bonds. The highest BCUT2D eigenvalue weighted by atomic mass is 35.5. The van der Waals surface area contributed by atoms with Gasteiger partial charge in [-0.1, -0.05) is 35.9 Å². The molecule has 3 N–H and O–H groups in total. The van der Waals surface area contributed by atoms with Gasteiger partial charge in [0.25, 0.3) is 0 Å². The minimum atomic E-state index is -1.23. The predicted octanol–water partition coefficient (Wildman–Crippen LogP) is 3.33. The molecule has 2 rings (SSSR count). The Morgan fingerprint density at radius 2 is 1.96 bits per heavy atom. The van der Waals surface area contributed by atoms with Crippen LogP contribution in [0.5, 0.6) is 0 Å². The minimum Gasteiger partial charge on any atom is -0.464 e. The van der Waals surface area contributed by atoms with E-state index in [1.165, 1.54) is 12.1 Å². The summed E-state index contributed by atoms with van der Waals surface area (Å²) in [5, 5.41) is 10.2. The average molecular weight is 366 g/mol. The molecule has 2 atom stereocenters. The predicted molar refractivity (Wildman–Crippen MR) is 95.8 cm³/mol. The van der Waals surface area contributed by atoms with Gasteiger partial charge in [-0.25, -0.2) is 9.18 Å². The summed E-state index contributed by atoms with van der Waals surface area (Å²) in [7, 11) is 0. The van der Waals surface area contributed by atoms with Gasteiger partial charge in [-0.2, -0.15) is 0 Å². The fourth-order valence-corrected chi connectivity index (χ4v) is 2.72. The molecule has 2 aromatic carbocycles. The first-order valence-electron chi connectivity index (χ1n) is 8.05. The van der Waals surface area contributed by atoms with Crippen LogP contribution in [0.25, 0.3) is 11.1 Å². The zero-order chi connectivity index (χ0) is 18.4. The van der Waals surface area contributed by atoms with Crippen molar-refractivity contribution in [2.24, 2.45) is 5.73 Å². The van der Waals surface area contributed by atoms with E-state index < -0.39 is 18.1 Å². The number of ether oxygens (including phenoxy) is 1. The molecule has 134 valence electrons. The molecule has 6 heteroatoms. The number of aliphatic hydroxyl groups is 1. The normalized spacial score (nSPS) is 13.3. The van der Waals surface area contributed by atoms with Gasteiger partial charge >= 0.3 is 5.97 Å². The van der Waals surface area contributed by atoms with Gasteiger partial charge in [0.15, 0.2) is 6.10 Å². The minimum absolute atomic E-state index is 0.115. The lowest BCUT2D eigenvalue weighted by Crippen LogP contribution is -2.33. The molecule has 0 fully saturated rings. The van der Waals surface area contributed by atoms with E-state index >= 15 is 0 Å². The molecular weight excluding hydrogens is 345 g/mol. The molecule has 0 spiro atoms. The summed E-state index contributed by atoms with van der Waals surface area (Å²) in [4.78, 5) is 11.4. The molecule has 0 aliphatic heterocycles. The Kier molecular flexibility index (Phi) is 6.93. The molecule has 0 saturated carbocycles. The number of benzene rings is 2. The molecule has 0 aliphatic rings. The zero-order valence-corrected chi connectivity index (χ0v) is 14.7. The third kappa shape index (κ3) is 5.53. The molecule has 0 unspecified atom stereocenters. The van der Waals surface area contributed by atoms with Crippen molar-refractivity contribution >= 4 is 17.6 Å². The van der Waals surface area contributed by atoms with Crippen LogP contribution >= 0.6 is 11.6 Å². The Morgan fingerprint density at radius 3 is 2.60 bits per heavy atom. The van der Waals surface area contributed by atoms with Crippen LogP contribution in [0, 0.1) is 5.82 Å². The maximum absolute atomic E-state index is 13.9. The van der Waals surface area contributed by atoms with E-state index in [9.17, 15) is 14.3 Å². The Morgan fingerprint density at radius 1 is 1.28 bits per heavy atom. The number of hydrogen-bond donors (Lipinski definition) is 2. The number of aliphatic hydroxyl groups excluding tert-OH is 1. The largest absolute Gasteiger partial charge is 0.464 e. The van der Waals surface area contributed by atoms with E-state index in [0.29, 0.717) is 22.6 Å². The van der Waals surface area contributed by atoms with Gasteiger partial charge in [0.1, 0.15) is 5.82 Å². The van der Waals surface area contributed by atoms with Crippen molar-refractivity contribution in [3.63, 3.8) is 0 Å². The summed E-state index contributed by atoms with van der Waals surface area (Å²) in [5.74, 6) is -1.00. The van der Waals surface area contributed by atoms with Crippen LogP contribution in [-0.4, -0.2) is 29.8 Å². The quantitative estimate of drug-likeness (QED) is 0.738. The van der Waals surface area contributed by atoms with Crippen molar-refractivity contribution in [2.45, 2.75) is 31.9 Å². The van der Waals surface area contributed by atoms with Gasteiger partial charge in [0.2, 0.25) is 0 Å². The SMILES string of the molecule is CCOC(=O)[C@@H](O)C[C@H](N)Cc1ccc(-c2cc(Cl)ccc2F)cc1.